The molecule has 0 aromatic carbocycles. The van der Waals surface area contributed by atoms with Crippen LogP contribution in [0.25, 0.3) is 5.65 Å². The van der Waals surface area contributed by atoms with Crippen LogP contribution in [0.5, 0.6) is 0 Å². The molecule has 3 aromatic rings. The molecular weight excluding hydrogens is 308 g/mol. The molecule has 0 amide bonds. The maximum absolute atomic E-state index is 5.84. The van der Waals surface area contributed by atoms with Crippen molar-refractivity contribution >= 4 is 17.4 Å². The van der Waals surface area contributed by atoms with Crippen LogP contribution in [0.2, 0.25) is 0 Å². The van der Waals surface area contributed by atoms with Crippen molar-refractivity contribution in [2.75, 3.05) is 0 Å². The highest BCUT2D eigenvalue weighted by molar-refractivity contribution is 7.98. The zero-order chi connectivity index (χ0) is 15.6. The summed E-state index contributed by atoms with van der Waals surface area (Å²) in [7, 11) is 0. The van der Waals surface area contributed by atoms with Crippen LogP contribution in [0, 0.1) is 6.92 Å². The van der Waals surface area contributed by atoms with Crippen molar-refractivity contribution in [3.8, 4) is 0 Å². The van der Waals surface area contributed by atoms with E-state index in [4.69, 9.17) is 4.42 Å². The van der Waals surface area contributed by atoms with Crippen molar-refractivity contribution in [3.05, 3.63) is 41.7 Å². The molecule has 0 unspecified atom stereocenters. The summed E-state index contributed by atoms with van der Waals surface area (Å²) >= 11 is 1.56. The molecule has 0 radical (unpaired) electrons. The number of aromatic nitrogens is 4. The predicted molar refractivity (Wildman–Crippen MR) is 89.6 cm³/mol. The van der Waals surface area contributed by atoms with Crippen molar-refractivity contribution < 1.29 is 4.42 Å². The number of pyridine rings is 1. The molecule has 120 valence electrons. The molecule has 6 heteroatoms. The summed E-state index contributed by atoms with van der Waals surface area (Å²) < 4.78 is 7.91. The van der Waals surface area contributed by atoms with Gasteiger partial charge in [0.1, 0.15) is 5.65 Å². The van der Waals surface area contributed by atoms with Gasteiger partial charge in [0, 0.05) is 24.1 Å². The second kappa shape index (κ2) is 6.35. The van der Waals surface area contributed by atoms with Crippen LogP contribution in [0.4, 0.5) is 0 Å². The summed E-state index contributed by atoms with van der Waals surface area (Å²) in [6.07, 6.45) is 10.4. The SMILES string of the molecule is Cc1ccc2nc(CSc3nnc(C4CCCCC4)o3)cn2c1. The van der Waals surface area contributed by atoms with E-state index in [0.717, 1.165) is 23.0 Å². The molecule has 1 saturated carbocycles. The predicted octanol–water partition coefficient (Wildman–Crippen LogP) is 4.37. The fourth-order valence-corrected chi connectivity index (χ4v) is 3.81. The fraction of sp³-hybridized carbons (Fsp3) is 0.471. The standard InChI is InChI=1S/C17H20N4OS/c1-12-7-8-15-18-14(10-21(15)9-12)11-23-17-20-19-16(22-17)13-5-3-2-4-6-13/h7-10,13H,2-6,11H2,1H3. The fourth-order valence-electron chi connectivity index (χ4n) is 3.15. The molecule has 0 N–H and O–H groups in total. The highest BCUT2D eigenvalue weighted by atomic mass is 32.2. The van der Waals surface area contributed by atoms with Gasteiger partial charge in [-0.25, -0.2) is 4.98 Å². The van der Waals surface area contributed by atoms with Crippen LogP contribution >= 0.6 is 11.8 Å². The first-order chi connectivity index (χ1) is 11.3. The van der Waals surface area contributed by atoms with Gasteiger partial charge in [-0.3, -0.25) is 0 Å². The highest BCUT2D eigenvalue weighted by Crippen LogP contribution is 2.33. The van der Waals surface area contributed by atoms with Crippen molar-refractivity contribution in [2.45, 2.75) is 55.9 Å². The molecule has 0 spiro atoms. The molecule has 0 saturated heterocycles. The van der Waals surface area contributed by atoms with Gasteiger partial charge in [-0.05, 0) is 31.4 Å². The zero-order valence-electron chi connectivity index (χ0n) is 13.2. The number of thioether (sulfide) groups is 1. The smallest absolute Gasteiger partial charge is 0.276 e. The lowest BCUT2D eigenvalue weighted by Gasteiger charge is -2.17. The van der Waals surface area contributed by atoms with Gasteiger partial charge in [0.2, 0.25) is 5.89 Å². The Hall–Kier alpha value is -1.82. The number of nitrogens with zero attached hydrogens (tertiary/aromatic N) is 4. The van der Waals surface area contributed by atoms with E-state index in [0.29, 0.717) is 11.1 Å². The van der Waals surface area contributed by atoms with Crippen LogP contribution in [0.1, 0.15) is 55.2 Å². The highest BCUT2D eigenvalue weighted by Gasteiger charge is 2.21. The topological polar surface area (TPSA) is 56.2 Å². The van der Waals surface area contributed by atoms with Gasteiger partial charge in [-0.2, -0.15) is 0 Å². The molecule has 0 aliphatic heterocycles. The molecule has 23 heavy (non-hydrogen) atoms. The first kappa shape index (κ1) is 14.8. The van der Waals surface area contributed by atoms with Gasteiger partial charge in [0.05, 0.1) is 5.69 Å². The number of aryl methyl sites for hydroxylation is 1. The van der Waals surface area contributed by atoms with Crippen molar-refractivity contribution in [1.82, 2.24) is 19.6 Å². The van der Waals surface area contributed by atoms with E-state index in [-0.39, 0.29) is 0 Å². The van der Waals surface area contributed by atoms with Crippen LogP contribution in [0.15, 0.2) is 34.2 Å². The molecule has 3 aromatic heterocycles. The lowest BCUT2D eigenvalue weighted by molar-refractivity contribution is 0.334. The van der Waals surface area contributed by atoms with E-state index < -0.39 is 0 Å². The molecule has 4 rings (SSSR count). The van der Waals surface area contributed by atoms with Crippen LogP contribution in [-0.4, -0.2) is 19.6 Å². The van der Waals surface area contributed by atoms with E-state index in [1.54, 1.807) is 11.8 Å². The third-order valence-corrected chi connectivity index (χ3v) is 5.22. The maximum atomic E-state index is 5.84. The summed E-state index contributed by atoms with van der Waals surface area (Å²) in [5.74, 6) is 2.02. The Balaban J connectivity index is 1.42. The normalized spacial score (nSPS) is 16.2. The maximum Gasteiger partial charge on any atom is 0.276 e. The molecular formula is C17H20N4OS. The van der Waals surface area contributed by atoms with Gasteiger partial charge in [-0.1, -0.05) is 37.1 Å². The molecule has 1 aliphatic carbocycles. The number of fused-ring (bicyclic) bond motifs is 1. The van der Waals surface area contributed by atoms with Crippen molar-refractivity contribution in [1.29, 1.82) is 0 Å². The van der Waals surface area contributed by atoms with Gasteiger partial charge in [-0.15, -0.1) is 10.2 Å². The van der Waals surface area contributed by atoms with Crippen LogP contribution in [0.3, 0.4) is 0 Å². The number of imidazole rings is 1. The summed E-state index contributed by atoms with van der Waals surface area (Å²) in [5, 5.41) is 9.08. The van der Waals surface area contributed by atoms with Gasteiger partial charge in [0.15, 0.2) is 0 Å². The van der Waals surface area contributed by atoms with Gasteiger partial charge >= 0.3 is 0 Å². The Morgan fingerprint density at radius 3 is 2.91 bits per heavy atom. The zero-order valence-corrected chi connectivity index (χ0v) is 14.1. The Labute approximate surface area is 139 Å². The second-order valence-corrected chi connectivity index (χ2v) is 7.16. The van der Waals surface area contributed by atoms with Gasteiger partial charge < -0.3 is 8.82 Å². The summed E-state index contributed by atoms with van der Waals surface area (Å²) in [4.78, 5) is 4.62. The number of hydrogen-bond acceptors (Lipinski definition) is 5. The van der Waals surface area contributed by atoms with E-state index in [9.17, 15) is 0 Å². The van der Waals surface area contributed by atoms with Gasteiger partial charge in [0.25, 0.3) is 5.22 Å². The first-order valence-electron chi connectivity index (χ1n) is 8.18. The van der Waals surface area contributed by atoms with E-state index in [2.05, 4.69) is 45.0 Å². The first-order valence-corrected chi connectivity index (χ1v) is 9.17. The molecule has 0 bridgehead atoms. The number of hydrogen-bond donors (Lipinski definition) is 0. The minimum absolute atomic E-state index is 0.462. The Morgan fingerprint density at radius 2 is 2.04 bits per heavy atom. The minimum atomic E-state index is 0.462. The third-order valence-electron chi connectivity index (χ3n) is 4.37. The van der Waals surface area contributed by atoms with Crippen molar-refractivity contribution in [3.63, 3.8) is 0 Å². The monoisotopic (exact) mass is 328 g/mol. The second-order valence-electron chi connectivity index (χ2n) is 6.23. The Bertz CT molecular complexity index is 804. The average molecular weight is 328 g/mol. The molecule has 3 heterocycles. The molecule has 1 aliphatic rings. The molecule has 0 atom stereocenters. The largest absolute Gasteiger partial charge is 0.416 e. The van der Waals surface area contributed by atoms with Crippen molar-refractivity contribution in [2.24, 2.45) is 0 Å². The Kier molecular flexibility index (Phi) is 4.08. The summed E-state index contributed by atoms with van der Waals surface area (Å²) in [6, 6.07) is 4.12. The van der Waals surface area contributed by atoms with Crippen LogP contribution in [-0.2, 0) is 5.75 Å². The lowest BCUT2D eigenvalue weighted by Crippen LogP contribution is -2.04. The van der Waals surface area contributed by atoms with E-state index >= 15 is 0 Å². The van der Waals surface area contributed by atoms with E-state index in [1.165, 1.54) is 37.7 Å². The minimum Gasteiger partial charge on any atom is -0.416 e. The quantitative estimate of drug-likeness (QED) is 0.666. The van der Waals surface area contributed by atoms with E-state index in [1.807, 2.05) is 6.07 Å². The molecule has 5 nitrogen and oxygen atoms in total. The Morgan fingerprint density at radius 1 is 1.17 bits per heavy atom. The lowest BCUT2D eigenvalue weighted by atomic mass is 9.89. The van der Waals surface area contributed by atoms with Crippen LogP contribution < -0.4 is 0 Å². The third kappa shape index (κ3) is 3.27. The molecule has 1 fully saturated rings. The number of rotatable bonds is 4. The summed E-state index contributed by atoms with van der Waals surface area (Å²) in [5.41, 5.74) is 3.22. The average Bonchev–Trinajstić information content (AvgIpc) is 3.20. The summed E-state index contributed by atoms with van der Waals surface area (Å²) in [6.45, 7) is 2.08.